The Hall–Kier alpha value is -2.15. The molecule has 0 unspecified atom stereocenters. The summed E-state index contributed by atoms with van der Waals surface area (Å²) in [7, 11) is 0. The molecule has 2 heterocycles. The van der Waals surface area contributed by atoms with Crippen LogP contribution in [0.1, 0.15) is 20.3 Å². The van der Waals surface area contributed by atoms with Crippen molar-refractivity contribution in [3.8, 4) is 0 Å². The summed E-state index contributed by atoms with van der Waals surface area (Å²) < 4.78 is 2.86. The molecular formula is C14H20N4O3. The first kappa shape index (κ1) is 15.2. The van der Waals surface area contributed by atoms with Gasteiger partial charge in [0.05, 0.1) is 13.1 Å². The Balaban J connectivity index is 2.13. The lowest BCUT2D eigenvalue weighted by Gasteiger charge is -2.26. The predicted octanol–water partition coefficient (Wildman–Crippen LogP) is 0.681. The van der Waals surface area contributed by atoms with E-state index in [2.05, 4.69) is 5.10 Å². The highest BCUT2D eigenvalue weighted by Crippen LogP contribution is 2.03. The first-order valence-electron chi connectivity index (χ1n) is 7.03. The Morgan fingerprint density at radius 2 is 2.24 bits per heavy atom. The van der Waals surface area contributed by atoms with E-state index in [0.717, 1.165) is 6.42 Å². The fourth-order valence-corrected chi connectivity index (χ4v) is 2.22. The Morgan fingerprint density at radius 1 is 1.48 bits per heavy atom. The third kappa shape index (κ3) is 3.49. The van der Waals surface area contributed by atoms with E-state index in [1.165, 1.54) is 9.08 Å². The van der Waals surface area contributed by atoms with Crippen molar-refractivity contribution < 1.29 is 9.90 Å². The maximum Gasteiger partial charge on any atom is 0.350 e. The van der Waals surface area contributed by atoms with Gasteiger partial charge < -0.3 is 5.11 Å². The number of fused-ring (bicyclic) bond motifs is 1. The van der Waals surface area contributed by atoms with E-state index in [0.29, 0.717) is 18.7 Å². The molecule has 0 aliphatic heterocycles. The number of hydrogen-bond acceptors (Lipinski definition) is 4. The molecular weight excluding hydrogens is 272 g/mol. The van der Waals surface area contributed by atoms with Crippen LogP contribution in [0.15, 0.2) is 29.2 Å². The molecule has 7 heteroatoms. The van der Waals surface area contributed by atoms with E-state index in [1.54, 1.807) is 18.3 Å². The molecule has 2 aromatic rings. The molecule has 0 aromatic carbocycles. The van der Waals surface area contributed by atoms with Gasteiger partial charge in [0.25, 0.3) is 0 Å². The van der Waals surface area contributed by atoms with E-state index in [4.69, 9.17) is 5.11 Å². The normalized spacial score (nSPS) is 12.9. The molecule has 2 aromatic heterocycles. The van der Waals surface area contributed by atoms with Crippen molar-refractivity contribution in [3.63, 3.8) is 0 Å². The Labute approximate surface area is 122 Å². The SMILES string of the molecule is CC[C@@H](C)N(CCn1nc2ccccn2c1=O)CC(=O)O. The zero-order valence-corrected chi connectivity index (χ0v) is 12.3. The molecule has 0 aliphatic carbocycles. The number of hydrogen-bond donors (Lipinski definition) is 1. The van der Waals surface area contributed by atoms with Gasteiger partial charge in [-0.1, -0.05) is 13.0 Å². The monoisotopic (exact) mass is 292 g/mol. The second-order valence-electron chi connectivity index (χ2n) is 5.06. The Bertz CT molecular complexity index is 676. The number of aromatic nitrogens is 3. The fraction of sp³-hybridized carbons (Fsp3) is 0.500. The van der Waals surface area contributed by atoms with Crippen LogP contribution < -0.4 is 5.69 Å². The molecule has 21 heavy (non-hydrogen) atoms. The van der Waals surface area contributed by atoms with Crippen LogP contribution in [0.2, 0.25) is 0 Å². The zero-order chi connectivity index (χ0) is 15.4. The zero-order valence-electron chi connectivity index (χ0n) is 12.3. The predicted molar refractivity (Wildman–Crippen MR) is 78.4 cm³/mol. The Kier molecular flexibility index (Phi) is 4.74. The summed E-state index contributed by atoms with van der Waals surface area (Å²) in [5.41, 5.74) is 0.390. The van der Waals surface area contributed by atoms with Crippen LogP contribution >= 0.6 is 0 Å². The summed E-state index contributed by atoms with van der Waals surface area (Å²) in [5.74, 6) is -0.863. The summed E-state index contributed by atoms with van der Waals surface area (Å²) in [4.78, 5) is 24.9. The molecule has 0 aliphatic rings. The van der Waals surface area contributed by atoms with Crippen molar-refractivity contribution in [2.45, 2.75) is 32.9 Å². The number of carboxylic acids is 1. The summed E-state index contributed by atoms with van der Waals surface area (Å²) in [6.07, 6.45) is 2.53. The number of carbonyl (C=O) groups is 1. The van der Waals surface area contributed by atoms with Crippen molar-refractivity contribution in [1.29, 1.82) is 0 Å². The minimum absolute atomic E-state index is 0.0306. The van der Waals surface area contributed by atoms with Crippen LogP contribution in [0.3, 0.4) is 0 Å². The molecule has 1 N–H and O–H groups in total. The number of pyridine rings is 1. The van der Waals surface area contributed by atoms with Crippen LogP contribution in [0.5, 0.6) is 0 Å². The van der Waals surface area contributed by atoms with Crippen molar-refractivity contribution in [1.82, 2.24) is 19.1 Å². The average molecular weight is 292 g/mol. The van der Waals surface area contributed by atoms with Crippen molar-refractivity contribution in [3.05, 3.63) is 34.9 Å². The van der Waals surface area contributed by atoms with Gasteiger partial charge in [0.2, 0.25) is 0 Å². The van der Waals surface area contributed by atoms with E-state index >= 15 is 0 Å². The highest BCUT2D eigenvalue weighted by Gasteiger charge is 2.16. The topological polar surface area (TPSA) is 79.8 Å². The molecule has 0 saturated carbocycles. The third-order valence-corrected chi connectivity index (χ3v) is 3.64. The van der Waals surface area contributed by atoms with E-state index in [-0.39, 0.29) is 18.3 Å². The van der Waals surface area contributed by atoms with Crippen LogP contribution in [-0.4, -0.2) is 49.3 Å². The highest BCUT2D eigenvalue weighted by atomic mass is 16.4. The number of nitrogens with zero attached hydrogens (tertiary/aromatic N) is 4. The molecule has 0 bridgehead atoms. The summed E-state index contributed by atoms with van der Waals surface area (Å²) in [6, 6.07) is 5.51. The maximum absolute atomic E-state index is 12.1. The van der Waals surface area contributed by atoms with Crippen molar-refractivity contribution >= 4 is 11.6 Å². The molecule has 1 atom stereocenters. The van der Waals surface area contributed by atoms with Crippen LogP contribution in [0, 0.1) is 0 Å². The molecule has 0 fully saturated rings. The minimum atomic E-state index is -0.863. The van der Waals surface area contributed by atoms with E-state index < -0.39 is 5.97 Å². The van der Waals surface area contributed by atoms with Gasteiger partial charge in [-0.05, 0) is 25.5 Å². The van der Waals surface area contributed by atoms with E-state index in [9.17, 15) is 9.59 Å². The van der Waals surface area contributed by atoms with Gasteiger partial charge in [-0.3, -0.25) is 14.1 Å². The number of aliphatic carboxylic acids is 1. The molecule has 0 spiro atoms. The standard InChI is InChI=1S/C14H20N4O3/c1-3-11(2)16(10-13(19)20)8-9-18-14(21)17-7-5-4-6-12(17)15-18/h4-7,11H,3,8-10H2,1-2H3,(H,19,20)/t11-/m1/s1. The molecule has 0 amide bonds. The van der Waals surface area contributed by atoms with Crippen LogP contribution in [0.4, 0.5) is 0 Å². The second-order valence-corrected chi connectivity index (χ2v) is 5.06. The lowest BCUT2D eigenvalue weighted by atomic mass is 10.2. The minimum Gasteiger partial charge on any atom is -0.480 e. The first-order valence-corrected chi connectivity index (χ1v) is 7.03. The number of carboxylic acid groups (broad SMARTS) is 1. The first-order chi connectivity index (χ1) is 10.0. The fourth-order valence-electron chi connectivity index (χ4n) is 2.22. The summed E-state index contributed by atoms with van der Waals surface area (Å²) in [5, 5.41) is 13.2. The van der Waals surface area contributed by atoms with Gasteiger partial charge >= 0.3 is 11.7 Å². The summed E-state index contributed by atoms with van der Waals surface area (Å²) in [6.45, 7) is 4.81. The van der Waals surface area contributed by atoms with Gasteiger partial charge in [0.15, 0.2) is 5.65 Å². The highest BCUT2D eigenvalue weighted by molar-refractivity contribution is 5.69. The van der Waals surface area contributed by atoms with Gasteiger partial charge in [-0.25, -0.2) is 9.48 Å². The second kappa shape index (κ2) is 6.53. The smallest absolute Gasteiger partial charge is 0.350 e. The number of rotatable bonds is 7. The van der Waals surface area contributed by atoms with Gasteiger partial charge in [-0.15, -0.1) is 5.10 Å². The quantitative estimate of drug-likeness (QED) is 0.812. The Morgan fingerprint density at radius 3 is 2.86 bits per heavy atom. The van der Waals surface area contributed by atoms with Crippen LogP contribution in [-0.2, 0) is 11.3 Å². The maximum atomic E-state index is 12.1. The van der Waals surface area contributed by atoms with Gasteiger partial charge in [0, 0.05) is 18.8 Å². The van der Waals surface area contributed by atoms with Crippen LogP contribution in [0.25, 0.3) is 5.65 Å². The van der Waals surface area contributed by atoms with Crippen molar-refractivity contribution in [2.75, 3.05) is 13.1 Å². The lowest BCUT2D eigenvalue weighted by Crippen LogP contribution is -2.40. The molecule has 0 radical (unpaired) electrons. The molecule has 7 nitrogen and oxygen atoms in total. The van der Waals surface area contributed by atoms with E-state index in [1.807, 2.05) is 24.8 Å². The van der Waals surface area contributed by atoms with Gasteiger partial charge in [0.1, 0.15) is 0 Å². The third-order valence-electron chi connectivity index (χ3n) is 3.64. The lowest BCUT2D eigenvalue weighted by molar-refractivity contribution is -0.138. The average Bonchev–Trinajstić information content (AvgIpc) is 2.79. The molecule has 114 valence electrons. The summed E-state index contributed by atoms with van der Waals surface area (Å²) >= 11 is 0. The largest absolute Gasteiger partial charge is 0.480 e. The van der Waals surface area contributed by atoms with Crippen molar-refractivity contribution in [2.24, 2.45) is 0 Å². The molecule has 2 rings (SSSR count). The van der Waals surface area contributed by atoms with Gasteiger partial charge in [-0.2, -0.15) is 0 Å². The molecule has 0 saturated heterocycles.